The van der Waals surface area contributed by atoms with Gasteiger partial charge in [0.25, 0.3) is 0 Å². The summed E-state index contributed by atoms with van der Waals surface area (Å²) in [5.41, 5.74) is 1.61. The van der Waals surface area contributed by atoms with Crippen LogP contribution in [0.25, 0.3) is 11.4 Å². The van der Waals surface area contributed by atoms with Gasteiger partial charge >= 0.3 is 0 Å². The Bertz CT molecular complexity index is 1070. The monoisotopic (exact) mass is 396 g/mol. The van der Waals surface area contributed by atoms with E-state index in [0.29, 0.717) is 28.0 Å². The van der Waals surface area contributed by atoms with Gasteiger partial charge in [-0.25, -0.2) is 4.68 Å². The van der Waals surface area contributed by atoms with Crippen LogP contribution in [0.4, 0.5) is 0 Å². The Morgan fingerprint density at radius 1 is 0.852 bits per heavy atom. The highest BCUT2D eigenvalue weighted by Gasteiger charge is 2.16. The standard InChI is InChI=1S/C20H14Cl2N4O/c21-17-11-6-10-16(19(17)22)20-23-24-25-26(20)13-14-7-4-5-12-18(14)27-15-8-2-1-3-9-15/h1-12H,13H2. The molecule has 134 valence electrons. The van der Waals surface area contributed by atoms with E-state index in [1.54, 1.807) is 10.7 Å². The molecule has 0 atom stereocenters. The highest BCUT2D eigenvalue weighted by molar-refractivity contribution is 6.43. The SMILES string of the molecule is Clc1cccc(-c2nnnn2Cc2ccccc2Oc2ccccc2)c1Cl. The van der Waals surface area contributed by atoms with Crippen molar-refractivity contribution in [2.75, 3.05) is 0 Å². The summed E-state index contributed by atoms with van der Waals surface area (Å²) >= 11 is 12.5. The largest absolute Gasteiger partial charge is 0.457 e. The molecule has 0 fully saturated rings. The summed E-state index contributed by atoms with van der Waals surface area (Å²) in [6, 6.07) is 22.8. The number of hydrogen-bond acceptors (Lipinski definition) is 4. The first-order valence-electron chi connectivity index (χ1n) is 8.24. The van der Waals surface area contributed by atoms with E-state index >= 15 is 0 Å². The lowest BCUT2D eigenvalue weighted by Crippen LogP contribution is -2.06. The normalized spacial score (nSPS) is 10.7. The van der Waals surface area contributed by atoms with E-state index in [4.69, 9.17) is 27.9 Å². The van der Waals surface area contributed by atoms with E-state index in [2.05, 4.69) is 15.5 Å². The van der Waals surface area contributed by atoms with Gasteiger partial charge in [-0.3, -0.25) is 0 Å². The molecule has 7 heteroatoms. The van der Waals surface area contributed by atoms with Crippen molar-refractivity contribution < 1.29 is 4.74 Å². The quantitative estimate of drug-likeness (QED) is 0.447. The molecule has 0 unspecified atom stereocenters. The molecule has 0 aliphatic carbocycles. The van der Waals surface area contributed by atoms with Crippen LogP contribution in [0.5, 0.6) is 11.5 Å². The van der Waals surface area contributed by atoms with Gasteiger partial charge in [0.2, 0.25) is 0 Å². The lowest BCUT2D eigenvalue weighted by Gasteiger charge is -2.12. The summed E-state index contributed by atoms with van der Waals surface area (Å²) in [5, 5.41) is 12.9. The van der Waals surface area contributed by atoms with Crippen molar-refractivity contribution >= 4 is 23.2 Å². The number of ether oxygens (including phenoxy) is 1. The maximum Gasteiger partial charge on any atom is 0.183 e. The van der Waals surface area contributed by atoms with Crippen molar-refractivity contribution in [1.29, 1.82) is 0 Å². The molecule has 4 rings (SSSR count). The Kier molecular flexibility index (Phi) is 5.05. The molecule has 0 bridgehead atoms. The second-order valence-electron chi connectivity index (χ2n) is 5.78. The first kappa shape index (κ1) is 17.5. The van der Waals surface area contributed by atoms with Crippen LogP contribution in [-0.4, -0.2) is 20.2 Å². The van der Waals surface area contributed by atoms with E-state index in [1.165, 1.54) is 0 Å². The molecular weight excluding hydrogens is 383 g/mol. The fourth-order valence-corrected chi connectivity index (χ4v) is 3.08. The Morgan fingerprint density at radius 2 is 1.63 bits per heavy atom. The van der Waals surface area contributed by atoms with Crippen molar-refractivity contribution in [3.05, 3.63) is 88.4 Å². The summed E-state index contributed by atoms with van der Waals surface area (Å²) < 4.78 is 7.69. The number of benzene rings is 3. The lowest BCUT2D eigenvalue weighted by atomic mass is 10.2. The zero-order valence-electron chi connectivity index (χ0n) is 14.1. The average molecular weight is 397 g/mol. The van der Waals surface area contributed by atoms with Crippen LogP contribution in [0.2, 0.25) is 10.0 Å². The molecule has 0 N–H and O–H groups in total. The summed E-state index contributed by atoms with van der Waals surface area (Å²) in [7, 11) is 0. The molecule has 1 aromatic heterocycles. The van der Waals surface area contributed by atoms with Gasteiger partial charge < -0.3 is 4.74 Å². The summed E-state index contributed by atoms with van der Waals surface area (Å²) in [5.74, 6) is 2.04. The number of tetrazole rings is 1. The van der Waals surface area contributed by atoms with Crippen molar-refractivity contribution in [3.8, 4) is 22.9 Å². The summed E-state index contributed by atoms with van der Waals surface area (Å²) in [6.07, 6.45) is 0. The molecule has 5 nitrogen and oxygen atoms in total. The predicted octanol–water partition coefficient (Wildman–Crippen LogP) is 5.49. The number of nitrogens with zero attached hydrogens (tertiary/aromatic N) is 4. The second-order valence-corrected chi connectivity index (χ2v) is 6.57. The van der Waals surface area contributed by atoms with Gasteiger partial charge in [0.15, 0.2) is 5.82 Å². The maximum atomic E-state index is 6.33. The van der Waals surface area contributed by atoms with Crippen LogP contribution in [-0.2, 0) is 6.54 Å². The molecule has 0 aliphatic heterocycles. The molecule has 0 saturated carbocycles. The minimum atomic E-state index is 0.420. The maximum absolute atomic E-state index is 6.33. The minimum Gasteiger partial charge on any atom is -0.457 e. The predicted molar refractivity (Wildman–Crippen MR) is 105 cm³/mol. The third-order valence-electron chi connectivity index (χ3n) is 3.99. The Hall–Kier alpha value is -2.89. The van der Waals surface area contributed by atoms with Crippen LogP contribution in [0.15, 0.2) is 72.8 Å². The number of hydrogen-bond donors (Lipinski definition) is 0. The van der Waals surface area contributed by atoms with E-state index in [9.17, 15) is 0 Å². The van der Waals surface area contributed by atoms with Gasteiger partial charge in [0.1, 0.15) is 11.5 Å². The third-order valence-corrected chi connectivity index (χ3v) is 4.81. The highest BCUT2D eigenvalue weighted by atomic mass is 35.5. The Labute approximate surface area is 166 Å². The fourth-order valence-electron chi connectivity index (χ4n) is 2.69. The van der Waals surface area contributed by atoms with Crippen molar-refractivity contribution in [2.45, 2.75) is 6.54 Å². The molecule has 4 aromatic rings. The first-order chi connectivity index (χ1) is 13.2. The van der Waals surface area contributed by atoms with E-state index in [-0.39, 0.29) is 0 Å². The van der Waals surface area contributed by atoms with Gasteiger partial charge in [-0.05, 0) is 40.8 Å². The molecule has 0 aliphatic rings. The van der Waals surface area contributed by atoms with E-state index < -0.39 is 0 Å². The van der Waals surface area contributed by atoms with Gasteiger partial charge in [-0.15, -0.1) is 5.10 Å². The molecular formula is C20H14Cl2N4O. The van der Waals surface area contributed by atoms with Crippen LogP contribution in [0.3, 0.4) is 0 Å². The van der Waals surface area contributed by atoms with Crippen LogP contribution < -0.4 is 4.74 Å². The number of para-hydroxylation sites is 2. The Morgan fingerprint density at radius 3 is 2.48 bits per heavy atom. The second kappa shape index (κ2) is 7.78. The molecule has 27 heavy (non-hydrogen) atoms. The van der Waals surface area contributed by atoms with Crippen LogP contribution in [0, 0.1) is 0 Å². The van der Waals surface area contributed by atoms with Crippen molar-refractivity contribution in [1.82, 2.24) is 20.2 Å². The molecule has 0 spiro atoms. The third kappa shape index (κ3) is 3.79. The molecule has 0 radical (unpaired) electrons. The van der Waals surface area contributed by atoms with E-state index in [0.717, 1.165) is 17.1 Å². The molecule has 1 heterocycles. The van der Waals surface area contributed by atoms with Gasteiger partial charge in [0, 0.05) is 11.1 Å². The van der Waals surface area contributed by atoms with Gasteiger partial charge in [0.05, 0.1) is 16.6 Å². The topological polar surface area (TPSA) is 52.8 Å². The summed E-state index contributed by atoms with van der Waals surface area (Å²) in [6.45, 7) is 0.425. The smallest absolute Gasteiger partial charge is 0.183 e. The summed E-state index contributed by atoms with van der Waals surface area (Å²) in [4.78, 5) is 0. The van der Waals surface area contributed by atoms with E-state index in [1.807, 2.05) is 66.7 Å². The average Bonchev–Trinajstić information content (AvgIpc) is 3.14. The Balaban J connectivity index is 1.67. The zero-order valence-corrected chi connectivity index (χ0v) is 15.6. The van der Waals surface area contributed by atoms with Gasteiger partial charge in [-0.2, -0.15) is 0 Å². The van der Waals surface area contributed by atoms with Crippen molar-refractivity contribution in [3.63, 3.8) is 0 Å². The highest BCUT2D eigenvalue weighted by Crippen LogP contribution is 2.33. The number of aromatic nitrogens is 4. The fraction of sp³-hybridized carbons (Fsp3) is 0.0500. The minimum absolute atomic E-state index is 0.420. The lowest BCUT2D eigenvalue weighted by molar-refractivity contribution is 0.471. The number of rotatable bonds is 5. The first-order valence-corrected chi connectivity index (χ1v) is 8.99. The number of halogens is 2. The zero-order chi connectivity index (χ0) is 18.6. The molecule has 3 aromatic carbocycles. The van der Waals surface area contributed by atoms with Crippen molar-refractivity contribution in [2.24, 2.45) is 0 Å². The molecule has 0 amide bonds. The van der Waals surface area contributed by atoms with Gasteiger partial charge in [-0.1, -0.05) is 65.7 Å². The van der Waals surface area contributed by atoms with Crippen LogP contribution in [0.1, 0.15) is 5.56 Å². The molecule has 0 saturated heterocycles. The van der Waals surface area contributed by atoms with Crippen LogP contribution >= 0.6 is 23.2 Å².